The molecule has 0 spiro atoms. The maximum absolute atomic E-state index is 15.1. The van der Waals surface area contributed by atoms with Gasteiger partial charge in [0.05, 0.1) is 6.54 Å². The van der Waals surface area contributed by atoms with Crippen molar-refractivity contribution in [1.82, 2.24) is 51.7 Å². The molecule has 6 atom stereocenters. The van der Waals surface area contributed by atoms with Crippen LogP contribution < -0.4 is 31.9 Å². The van der Waals surface area contributed by atoms with Gasteiger partial charge in [-0.2, -0.15) is 23.5 Å². The molecule has 0 saturated carbocycles. The number of carbonyl (C=O) groups is 8. The van der Waals surface area contributed by atoms with Crippen LogP contribution in [0.4, 0.5) is 8.78 Å². The number of phenolic OH excluding ortho intramolecular Hbond substituents is 1. The lowest BCUT2D eigenvalue weighted by atomic mass is 10.0. The number of carbonyl (C=O) groups excluding carboxylic acids is 8. The summed E-state index contributed by atoms with van der Waals surface area (Å²) in [5.74, 6) is -3.59. The zero-order valence-electron chi connectivity index (χ0n) is 45.2. The van der Waals surface area contributed by atoms with Crippen LogP contribution in [0.3, 0.4) is 0 Å². The second-order valence-corrected chi connectivity index (χ2v) is 23.1. The molecular formula is C59H66F2N10O9S2. The summed E-state index contributed by atoms with van der Waals surface area (Å²) in [6.45, 7) is 1.65. The zero-order valence-corrected chi connectivity index (χ0v) is 46.8. The number of benzene rings is 4. The van der Waals surface area contributed by atoms with Crippen molar-refractivity contribution in [2.45, 2.75) is 106 Å². The number of hydrogen-bond donors (Lipinski definition) is 9. The van der Waals surface area contributed by atoms with Gasteiger partial charge in [-0.25, -0.2) is 8.78 Å². The van der Waals surface area contributed by atoms with E-state index in [0.29, 0.717) is 87.3 Å². The van der Waals surface area contributed by atoms with Gasteiger partial charge in [0.1, 0.15) is 53.6 Å². The highest BCUT2D eigenvalue weighted by molar-refractivity contribution is 7.98. The predicted molar refractivity (Wildman–Crippen MR) is 308 cm³/mol. The van der Waals surface area contributed by atoms with Crippen molar-refractivity contribution in [1.29, 1.82) is 0 Å². The quantitative estimate of drug-likeness (QED) is 0.113. The van der Waals surface area contributed by atoms with Gasteiger partial charge in [-0.15, -0.1) is 0 Å². The first kappa shape index (κ1) is 58.7. The smallest absolute Gasteiger partial charge is 0.246 e. The van der Waals surface area contributed by atoms with Crippen molar-refractivity contribution in [3.8, 4) is 5.75 Å². The van der Waals surface area contributed by atoms with Crippen LogP contribution in [-0.4, -0.2) is 146 Å². The van der Waals surface area contributed by atoms with Crippen molar-refractivity contribution in [2.24, 2.45) is 0 Å². The third-order valence-electron chi connectivity index (χ3n) is 15.0. The Labute approximate surface area is 480 Å². The van der Waals surface area contributed by atoms with E-state index in [1.54, 1.807) is 48.1 Å². The van der Waals surface area contributed by atoms with Gasteiger partial charge in [0.25, 0.3) is 0 Å². The number of halogens is 2. The first-order valence-electron chi connectivity index (χ1n) is 27.4. The minimum absolute atomic E-state index is 0.00227. The Hall–Kier alpha value is -7.92. The number of phenols is 1. The van der Waals surface area contributed by atoms with Crippen LogP contribution in [-0.2, 0) is 69.1 Å². The number of nitrogens with zero attached hydrogens (tertiary/aromatic N) is 2. The molecule has 0 aliphatic carbocycles. The fourth-order valence-electron chi connectivity index (χ4n) is 10.7. The first-order valence-corrected chi connectivity index (χ1v) is 29.8. The van der Waals surface area contributed by atoms with Crippen LogP contribution in [0, 0.1) is 11.6 Å². The van der Waals surface area contributed by atoms with Crippen molar-refractivity contribution in [3.05, 3.63) is 137 Å². The maximum Gasteiger partial charge on any atom is 0.246 e. The Balaban J connectivity index is 0.988. The van der Waals surface area contributed by atoms with Crippen LogP contribution in [0.1, 0.15) is 66.8 Å². The topological polar surface area (TPSA) is 267 Å². The Bertz CT molecular complexity index is 3340. The molecule has 9 rings (SSSR count). The molecular weight excluding hydrogens is 1090 g/mol. The molecule has 0 unspecified atom stereocenters. The SMILES string of the molecule is C[C@@H]1NC(=O)[C@@H]2CCCN2C(=O)[C@H](Cc2c[nH]c3ccc(F)cc23)NC(=O)[C@H](Cc2c[nH]c3ccc(F)cc23)NC(=O)CNC(=O)CCSCc2cccc(c2)CSCCNC(=O)[C@@H]2CCCN2C(=O)[C@H](Cc2ccc(O)cc2)NC1=O. The molecule has 2 fully saturated rings. The molecule has 9 N–H and O–H groups in total. The summed E-state index contributed by atoms with van der Waals surface area (Å²) < 4.78 is 29.4. The Morgan fingerprint density at radius 3 is 1.76 bits per heavy atom. The molecule has 8 amide bonds. The van der Waals surface area contributed by atoms with Gasteiger partial charge in [0.2, 0.25) is 47.3 Å². The molecule has 2 aromatic heterocycles. The molecule has 3 aliphatic heterocycles. The Morgan fingerprint density at radius 2 is 1.13 bits per heavy atom. The highest BCUT2D eigenvalue weighted by atomic mass is 32.2. The van der Waals surface area contributed by atoms with Crippen molar-refractivity contribution >= 4 is 92.6 Å². The standard InChI is InChI=1S/C59H66F2N10O9S2/c1-34-54(75)68-48(24-35-9-13-42(72)14-10-35)58(79)70-19-3-7-50(70)56(77)62-18-22-82-33-37-6-2-5-36(23-37)32-81-21-17-52(73)65-31-53(74)67-47(25-38-29-63-45-15-11-40(60)27-43(38)45)55(76)69-49(59(80)71-20-4-8-51(71)57(78)66-34)26-39-30-64-46-16-12-41(61)28-44(39)46/h2,5-6,9-16,23,27-30,34,47-51,63-64,72H,3-4,7-8,17-22,24-26,31-33H2,1H3,(H,62,77)(H,65,73)(H,66,78)(H,67,74)(H,68,75)(H,69,76)/t34-,47-,48-,49-,50-,51-/m0/s1. The van der Waals surface area contributed by atoms with Crippen LogP contribution in [0.25, 0.3) is 21.8 Å². The van der Waals surface area contributed by atoms with E-state index >= 15 is 4.79 Å². The summed E-state index contributed by atoms with van der Waals surface area (Å²) in [5, 5.41) is 27.6. The molecule has 4 aromatic carbocycles. The summed E-state index contributed by atoms with van der Waals surface area (Å²) in [5.41, 5.74) is 4.77. The van der Waals surface area contributed by atoms with Gasteiger partial charge in [-0.3, -0.25) is 38.4 Å². The van der Waals surface area contributed by atoms with Gasteiger partial charge >= 0.3 is 0 Å². The molecule has 2 saturated heterocycles. The minimum atomic E-state index is -1.42. The first-order chi connectivity index (χ1) is 39.6. The van der Waals surface area contributed by atoms with E-state index < -0.39 is 95.8 Å². The number of nitrogens with one attached hydrogen (secondary N) is 8. The van der Waals surface area contributed by atoms with E-state index in [2.05, 4.69) is 47.9 Å². The summed E-state index contributed by atoms with van der Waals surface area (Å²) in [6.07, 6.45) is 4.38. The number of amides is 8. The van der Waals surface area contributed by atoms with Crippen molar-refractivity contribution < 1.29 is 52.2 Å². The lowest BCUT2D eigenvalue weighted by Crippen LogP contribution is -2.59. The van der Waals surface area contributed by atoms with Crippen LogP contribution in [0.15, 0.2) is 97.3 Å². The van der Waals surface area contributed by atoms with Crippen molar-refractivity contribution in [3.63, 3.8) is 0 Å². The fourth-order valence-corrected chi connectivity index (χ4v) is 12.4. The maximum atomic E-state index is 15.1. The average Bonchev–Trinajstić information content (AvgIpc) is 4.34. The van der Waals surface area contributed by atoms with Crippen LogP contribution in [0.2, 0.25) is 0 Å². The molecule has 5 heterocycles. The largest absolute Gasteiger partial charge is 0.508 e. The normalized spacial score (nSPS) is 23.0. The van der Waals surface area contributed by atoms with E-state index in [0.717, 1.165) is 11.1 Å². The highest BCUT2D eigenvalue weighted by Crippen LogP contribution is 2.27. The van der Waals surface area contributed by atoms with Gasteiger partial charge < -0.3 is 56.8 Å². The molecule has 2 bridgehead atoms. The average molecular weight is 1160 g/mol. The molecule has 0 radical (unpaired) electrons. The van der Waals surface area contributed by atoms with Crippen molar-refractivity contribution in [2.75, 3.05) is 37.7 Å². The van der Waals surface area contributed by atoms with Gasteiger partial charge in [0.15, 0.2) is 0 Å². The van der Waals surface area contributed by atoms with Gasteiger partial charge in [-0.05, 0) is 109 Å². The summed E-state index contributed by atoms with van der Waals surface area (Å²) in [7, 11) is 0. The lowest BCUT2D eigenvalue weighted by Gasteiger charge is -2.31. The molecule has 3 aliphatic rings. The molecule has 6 aromatic rings. The van der Waals surface area contributed by atoms with Crippen LogP contribution >= 0.6 is 23.5 Å². The number of aromatic nitrogens is 2. The predicted octanol–water partition coefficient (Wildman–Crippen LogP) is 4.40. The summed E-state index contributed by atoms with van der Waals surface area (Å²) >= 11 is 3.18. The van der Waals surface area contributed by atoms with E-state index in [1.165, 1.54) is 65.3 Å². The third kappa shape index (κ3) is 14.9. The Kier molecular flexibility index (Phi) is 19.5. The summed E-state index contributed by atoms with van der Waals surface area (Å²) in [4.78, 5) is 122. The number of hydrogen-bond acceptors (Lipinski definition) is 11. The van der Waals surface area contributed by atoms with E-state index in [-0.39, 0.29) is 56.9 Å². The number of fused-ring (bicyclic) bond motifs is 6. The Morgan fingerprint density at radius 1 is 0.573 bits per heavy atom. The highest BCUT2D eigenvalue weighted by Gasteiger charge is 2.41. The molecule has 82 heavy (non-hydrogen) atoms. The summed E-state index contributed by atoms with van der Waals surface area (Å²) in [6, 6.07) is 15.2. The lowest BCUT2D eigenvalue weighted by molar-refractivity contribution is -0.143. The number of aromatic amines is 2. The zero-order chi connectivity index (χ0) is 57.9. The van der Waals surface area contributed by atoms with Gasteiger partial charge in [-0.1, -0.05) is 36.4 Å². The number of rotatable bonds is 6. The second kappa shape index (κ2) is 27.2. The number of thioether (sulfide) groups is 2. The third-order valence-corrected chi connectivity index (χ3v) is 17.0. The minimum Gasteiger partial charge on any atom is -0.508 e. The molecule has 23 heteroatoms. The second-order valence-electron chi connectivity index (χ2n) is 20.9. The number of aromatic hydroxyl groups is 1. The van der Waals surface area contributed by atoms with E-state index in [4.69, 9.17) is 0 Å². The number of H-pyrrole nitrogens is 2. The van der Waals surface area contributed by atoms with Crippen LogP contribution in [0.5, 0.6) is 5.75 Å². The van der Waals surface area contributed by atoms with E-state index in [1.807, 2.05) is 18.2 Å². The fraction of sp³-hybridized carbons (Fsp3) is 0.390. The molecule has 19 nitrogen and oxygen atoms in total. The molecule has 432 valence electrons. The van der Waals surface area contributed by atoms with E-state index in [9.17, 15) is 47.4 Å². The monoisotopic (exact) mass is 1160 g/mol. The van der Waals surface area contributed by atoms with Gasteiger partial charge in [0, 0.05) is 103 Å².